The summed E-state index contributed by atoms with van der Waals surface area (Å²) >= 11 is 1.44. The number of para-hydroxylation sites is 1. The van der Waals surface area contributed by atoms with E-state index in [1.54, 1.807) is 37.4 Å². The second-order valence-electron chi connectivity index (χ2n) is 4.18. The Morgan fingerprint density at radius 2 is 1.95 bits per heavy atom. The van der Waals surface area contributed by atoms with Gasteiger partial charge in [0.1, 0.15) is 11.5 Å². The van der Waals surface area contributed by atoms with E-state index in [2.05, 4.69) is 4.74 Å². The molecular formula is C15H15F2NO2S. The minimum absolute atomic E-state index is 0.182. The third-order valence-corrected chi connectivity index (χ3v) is 3.91. The van der Waals surface area contributed by atoms with Gasteiger partial charge in [0.15, 0.2) is 0 Å². The van der Waals surface area contributed by atoms with Crippen molar-refractivity contribution in [2.75, 3.05) is 12.8 Å². The summed E-state index contributed by atoms with van der Waals surface area (Å²) in [6, 6.07) is 12.1. The third kappa shape index (κ3) is 4.26. The first-order chi connectivity index (χ1) is 10.1. The van der Waals surface area contributed by atoms with Crippen molar-refractivity contribution in [2.45, 2.75) is 17.3 Å². The molecule has 0 amide bonds. The Balaban J connectivity index is 2.13. The van der Waals surface area contributed by atoms with Crippen molar-refractivity contribution in [2.24, 2.45) is 0 Å². The monoisotopic (exact) mass is 311 g/mol. The molecule has 0 radical (unpaired) electrons. The summed E-state index contributed by atoms with van der Waals surface area (Å²) in [7, 11) is 1.58. The minimum Gasteiger partial charge on any atom is -0.497 e. The van der Waals surface area contributed by atoms with E-state index in [0.717, 1.165) is 4.90 Å². The molecule has 0 aliphatic heterocycles. The Kier molecular flexibility index (Phi) is 5.27. The van der Waals surface area contributed by atoms with Gasteiger partial charge in [-0.15, -0.1) is 11.8 Å². The number of anilines is 1. The van der Waals surface area contributed by atoms with Crippen LogP contribution in [0.3, 0.4) is 0 Å². The van der Waals surface area contributed by atoms with Crippen molar-refractivity contribution in [3.8, 4) is 11.5 Å². The van der Waals surface area contributed by atoms with Gasteiger partial charge in [-0.25, -0.2) is 0 Å². The zero-order chi connectivity index (χ0) is 15.2. The Bertz CT molecular complexity index is 608. The molecule has 0 spiro atoms. The first kappa shape index (κ1) is 15.4. The molecule has 0 fully saturated rings. The molecule has 2 rings (SSSR count). The van der Waals surface area contributed by atoms with Gasteiger partial charge in [0.2, 0.25) is 0 Å². The van der Waals surface area contributed by atoms with Crippen molar-refractivity contribution in [3.63, 3.8) is 0 Å². The van der Waals surface area contributed by atoms with Crippen molar-refractivity contribution >= 4 is 17.4 Å². The van der Waals surface area contributed by atoms with Crippen LogP contribution in [0.2, 0.25) is 0 Å². The molecule has 0 atom stereocenters. The highest BCUT2D eigenvalue weighted by Crippen LogP contribution is 2.33. The number of ether oxygens (including phenoxy) is 2. The average molecular weight is 311 g/mol. The van der Waals surface area contributed by atoms with E-state index in [4.69, 9.17) is 10.5 Å². The molecular weight excluding hydrogens is 296 g/mol. The van der Waals surface area contributed by atoms with Crippen molar-refractivity contribution in [1.29, 1.82) is 0 Å². The Morgan fingerprint density at radius 1 is 1.19 bits per heavy atom. The zero-order valence-electron chi connectivity index (χ0n) is 11.4. The lowest BCUT2D eigenvalue weighted by atomic mass is 10.2. The molecule has 0 saturated heterocycles. The number of alkyl halides is 2. The number of nitrogens with two attached hydrogens (primary N) is 1. The highest BCUT2D eigenvalue weighted by Gasteiger charge is 2.10. The SMILES string of the molecule is COc1ccc(N)c(SCc2ccccc2OC(F)F)c1. The Labute approximate surface area is 126 Å². The molecule has 0 heterocycles. The van der Waals surface area contributed by atoms with E-state index in [-0.39, 0.29) is 5.75 Å². The largest absolute Gasteiger partial charge is 0.497 e. The fourth-order valence-corrected chi connectivity index (χ4v) is 2.74. The van der Waals surface area contributed by atoms with Crippen LogP contribution in [-0.4, -0.2) is 13.7 Å². The molecule has 2 aromatic carbocycles. The number of halogens is 2. The lowest BCUT2D eigenvalue weighted by Crippen LogP contribution is -2.04. The highest BCUT2D eigenvalue weighted by molar-refractivity contribution is 7.98. The van der Waals surface area contributed by atoms with E-state index in [0.29, 0.717) is 22.8 Å². The first-order valence-electron chi connectivity index (χ1n) is 6.19. The van der Waals surface area contributed by atoms with Crippen molar-refractivity contribution in [1.82, 2.24) is 0 Å². The number of rotatable bonds is 6. The zero-order valence-corrected chi connectivity index (χ0v) is 12.2. The van der Waals surface area contributed by atoms with Gasteiger partial charge in [-0.3, -0.25) is 0 Å². The molecule has 3 nitrogen and oxygen atoms in total. The van der Waals surface area contributed by atoms with Crippen LogP contribution in [0.5, 0.6) is 11.5 Å². The van der Waals surface area contributed by atoms with Gasteiger partial charge in [0.05, 0.1) is 7.11 Å². The number of benzene rings is 2. The summed E-state index contributed by atoms with van der Waals surface area (Å²) in [4.78, 5) is 0.834. The molecule has 0 aliphatic rings. The summed E-state index contributed by atoms with van der Waals surface area (Å²) < 4.78 is 34.4. The lowest BCUT2D eigenvalue weighted by molar-refractivity contribution is -0.0503. The molecule has 6 heteroatoms. The lowest BCUT2D eigenvalue weighted by Gasteiger charge is -2.11. The highest BCUT2D eigenvalue weighted by atomic mass is 32.2. The van der Waals surface area contributed by atoms with Crippen LogP contribution in [-0.2, 0) is 5.75 Å². The summed E-state index contributed by atoms with van der Waals surface area (Å²) in [6.45, 7) is -2.84. The summed E-state index contributed by atoms with van der Waals surface area (Å²) in [5.41, 5.74) is 7.20. The summed E-state index contributed by atoms with van der Waals surface area (Å²) in [5.74, 6) is 1.35. The Morgan fingerprint density at radius 3 is 2.67 bits per heavy atom. The summed E-state index contributed by atoms with van der Waals surface area (Å²) in [6.07, 6.45) is 0. The van der Waals surface area contributed by atoms with Crippen LogP contribution in [0.15, 0.2) is 47.4 Å². The maximum atomic E-state index is 12.4. The first-order valence-corrected chi connectivity index (χ1v) is 7.17. The van der Waals surface area contributed by atoms with Crippen LogP contribution in [0.4, 0.5) is 14.5 Å². The molecule has 0 saturated carbocycles. The molecule has 2 N–H and O–H groups in total. The minimum atomic E-state index is -2.84. The number of methoxy groups -OCH3 is 1. The quantitative estimate of drug-likeness (QED) is 0.642. The number of nitrogen functional groups attached to an aromatic ring is 1. The maximum absolute atomic E-state index is 12.4. The molecule has 0 aliphatic carbocycles. The maximum Gasteiger partial charge on any atom is 0.387 e. The predicted molar refractivity (Wildman–Crippen MR) is 80.0 cm³/mol. The van der Waals surface area contributed by atoms with E-state index in [1.165, 1.54) is 17.8 Å². The normalized spacial score (nSPS) is 10.7. The van der Waals surface area contributed by atoms with Crippen LogP contribution < -0.4 is 15.2 Å². The van der Waals surface area contributed by atoms with Gasteiger partial charge in [0, 0.05) is 21.9 Å². The smallest absolute Gasteiger partial charge is 0.387 e. The third-order valence-electron chi connectivity index (χ3n) is 2.79. The van der Waals surface area contributed by atoms with Crippen LogP contribution in [0, 0.1) is 0 Å². The second kappa shape index (κ2) is 7.17. The summed E-state index contributed by atoms with van der Waals surface area (Å²) in [5, 5.41) is 0. The van der Waals surface area contributed by atoms with E-state index >= 15 is 0 Å². The van der Waals surface area contributed by atoms with E-state index < -0.39 is 6.61 Å². The van der Waals surface area contributed by atoms with Crippen molar-refractivity contribution in [3.05, 3.63) is 48.0 Å². The fraction of sp³-hybridized carbons (Fsp3) is 0.200. The van der Waals surface area contributed by atoms with Gasteiger partial charge in [-0.05, 0) is 24.3 Å². The topological polar surface area (TPSA) is 44.5 Å². The van der Waals surface area contributed by atoms with Crippen LogP contribution in [0.25, 0.3) is 0 Å². The number of hydrogen-bond donors (Lipinski definition) is 1. The standard InChI is InChI=1S/C15H15F2NO2S/c1-19-11-6-7-12(18)14(8-11)21-9-10-4-2-3-5-13(10)20-15(16)17/h2-8,15H,9,18H2,1H3. The van der Waals surface area contributed by atoms with E-state index in [9.17, 15) is 8.78 Å². The van der Waals surface area contributed by atoms with Crippen molar-refractivity contribution < 1.29 is 18.3 Å². The fourth-order valence-electron chi connectivity index (χ4n) is 1.76. The van der Waals surface area contributed by atoms with Gasteiger partial charge in [0.25, 0.3) is 0 Å². The van der Waals surface area contributed by atoms with Gasteiger partial charge in [-0.1, -0.05) is 18.2 Å². The molecule has 0 aromatic heterocycles. The molecule has 0 unspecified atom stereocenters. The average Bonchev–Trinajstić information content (AvgIpc) is 2.47. The number of thioether (sulfide) groups is 1. The van der Waals surface area contributed by atoms with Crippen LogP contribution >= 0.6 is 11.8 Å². The van der Waals surface area contributed by atoms with Gasteiger partial charge < -0.3 is 15.2 Å². The second-order valence-corrected chi connectivity index (χ2v) is 5.20. The molecule has 2 aromatic rings. The van der Waals surface area contributed by atoms with Gasteiger partial charge in [-0.2, -0.15) is 8.78 Å². The van der Waals surface area contributed by atoms with Gasteiger partial charge >= 0.3 is 6.61 Å². The van der Waals surface area contributed by atoms with Crippen LogP contribution in [0.1, 0.15) is 5.56 Å². The predicted octanol–water partition coefficient (Wildman–Crippen LogP) is 4.17. The molecule has 0 bridgehead atoms. The Hall–Kier alpha value is -1.95. The number of hydrogen-bond acceptors (Lipinski definition) is 4. The molecule has 21 heavy (non-hydrogen) atoms. The van der Waals surface area contributed by atoms with E-state index in [1.807, 2.05) is 6.07 Å². The molecule has 112 valence electrons.